The van der Waals surface area contributed by atoms with E-state index in [1.54, 1.807) is 64.8 Å². The van der Waals surface area contributed by atoms with Crippen molar-refractivity contribution in [3.05, 3.63) is 42.0 Å². The average Bonchev–Trinajstić information content (AvgIpc) is 2.82. The van der Waals surface area contributed by atoms with E-state index in [9.17, 15) is 5.26 Å². The number of nitrogen functional groups attached to an aromatic ring is 1. The fourth-order valence-electron chi connectivity index (χ4n) is 2.84. The van der Waals surface area contributed by atoms with E-state index in [0.29, 0.717) is 34.4 Å². The third-order valence-corrected chi connectivity index (χ3v) is 4.38. The molecule has 3 aromatic rings. The van der Waals surface area contributed by atoms with Crippen molar-refractivity contribution < 1.29 is 18.9 Å². The first-order valence-corrected chi connectivity index (χ1v) is 9.32. The zero-order valence-corrected chi connectivity index (χ0v) is 18.0. The smallest absolute Gasteiger partial charge is 0.231 e. The summed E-state index contributed by atoms with van der Waals surface area (Å²) in [5, 5.41) is 15.8. The summed E-state index contributed by atoms with van der Waals surface area (Å²) in [6.07, 6.45) is 0. The first-order chi connectivity index (χ1) is 15.5. The van der Waals surface area contributed by atoms with Crippen LogP contribution in [0.5, 0.6) is 23.0 Å². The Morgan fingerprint density at radius 1 is 0.719 bits per heavy atom. The van der Waals surface area contributed by atoms with Crippen LogP contribution in [-0.4, -0.2) is 38.4 Å². The second kappa shape index (κ2) is 10.1. The summed E-state index contributed by atoms with van der Waals surface area (Å²) < 4.78 is 21.2. The second-order valence-electron chi connectivity index (χ2n) is 6.33. The monoisotopic (exact) mass is 437 g/mol. The molecular formula is C21H23N7O4. The van der Waals surface area contributed by atoms with Crippen LogP contribution in [0.15, 0.2) is 36.4 Å². The number of methoxy groups -OCH3 is 4. The molecule has 0 aliphatic heterocycles. The van der Waals surface area contributed by atoms with Crippen LogP contribution in [0.1, 0.15) is 5.56 Å². The molecule has 166 valence electrons. The third kappa shape index (κ3) is 5.00. The molecule has 0 saturated heterocycles. The van der Waals surface area contributed by atoms with E-state index in [4.69, 9.17) is 24.8 Å². The molecule has 0 bridgehead atoms. The molecule has 0 amide bonds. The highest BCUT2D eigenvalue weighted by Gasteiger charge is 2.16. The Morgan fingerprint density at radius 2 is 1.16 bits per heavy atom. The summed E-state index contributed by atoms with van der Waals surface area (Å²) in [5.74, 6) is 8.45. The molecule has 2 aromatic carbocycles. The van der Waals surface area contributed by atoms with Crippen LogP contribution < -0.4 is 40.8 Å². The number of aromatic nitrogens is 2. The van der Waals surface area contributed by atoms with Crippen LogP contribution in [0.3, 0.4) is 0 Å². The largest absolute Gasteiger partial charge is 0.497 e. The van der Waals surface area contributed by atoms with Crippen LogP contribution in [-0.2, 0) is 0 Å². The molecule has 0 aliphatic rings. The van der Waals surface area contributed by atoms with Gasteiger partial charge < -0.3 is 35.0 Å². The summed E-state index contributed by atoms with van der Waals surface area (Å²) in [4.78, 5) is 8.74. The molecule has 0 radical (unpaired) electrons. The van der Waals surface area contributed by atoms with Crippen molar-refractivity contribution in [1.29, 1.82) is 5.26 Å². The zero-order valence-electron chi connectivity index (χ0n) is 18.0. The standard InChI is InChI=1S/C21H23N7O4/c1-29-14-5-12(6-15(9-14)30-2)24-19-18(11-22)20(28-23)27-21(26-19)25-13-7-16(31-3)10-17(8-13)32-4/h5-10H,23H2,1-4H3,(H3,24,25,26,27,28). The fourth-order valence-corrected chi connectivity index (χ4v) is 2.84. The number of benzene rings is 2. The van der Waals surface area contributed by atoms with Gasteiger partial charge in [0.1, 0.15) is 34.6 Å². The average molecular weight is 437 g/mol. The first-order valence-electron chi connectivity index (χ1n) is 9.32. The summed E-state index contributed by atoms with van der Waals surface area (Å²) in [6.45, 7) is 0. The topological polar surface area (TPSA) is 149 Å². The Hall–Kier alpha value is -4.43. The maximum Gasteiger partial charge on any atom is 0.231 e. The lowest BCUT2D eigenvalue weighted by molar-refractivity contribution is 0.394. The summed E-state index contributed by atoms with van der Waals surface area (Å²) >= 11 is 0. The zero-order chi connectivity index (χ0) is 23.1. The van der Waals surface area contributed by atoms with Crippen molar-refractivity contribution >= 4 is 29.0 Å². The van der Waals surface area contributed by atoms with Gasteiger partial charge in [0.05, 0.1) is 28.4 Å². The van der Waals surface area contributed by atoms with E-state index in [1.807, 2.05) is 0 Å². The van der Waals surface area contributed by atoms with Crippen LogP contribution in [0.25, 0.3) is 0 Å². The van der Waals surface area contributed by atoms with E-state index in [0.717, 1.165) is 0 Å². The third-order valence-electron chi connectivity index (χ3n) is 4.38. The number of nitrogens with two attached hydrogens (primary N) is 1. The predicted octanol–water partition coefficient (Wildman–Crippen LogP) is 3.16. The minimum Gasteiger partial charge on any atom is -0.497 e. The molecular weight excluding hydrogens is 414 g/mol. The lowest BCUT2D eigenvalue weighted by Gasteiger charge is -2.15. The summed E-state index contributed by atoms with van der Waals surface area (Å²) in [5.41, 5.74) is 3.77. The van der Waals surface area contributed by atoms with Crippen molar-refractivity contribution in [3.63, 3.8) is 0 Å². The van der Waals surface area contributed by atoms with Gasteiger partial charge in [-0.2, -0.15) is 15.2 Å². The Labute approximate surface area is 185 Å². The van der Waals surface area contributed by atoms with Crippen molar-refractivity contribution in [2.45, 2.75) is 0 Å². The molecule has 32 heavy (non-hydrogen) atoms. The number of nitriles is 1. The molecule has 0 saturated carbocycles. The van der Waals surface area contributed by atoms with Gasteiger partial charge >= 0.3 is 0 Å². The number of nitrogens with one attached hydrogen (secondary N) is 3. The molecule has 0 unspecified atom stereocenters. The van der Waals surface area contributed by atoms with Crippen molar-refractivity contribution in [3.8, 4) is 29.1 Å². The highest BCUT2D eigenvalue weighted by atomic mass is 16.5. The molecule has 0 fully saturated rings. The van der Waals surface area contributed by atoms with Crippen LogP contribution in [0, 0.1) is 11.3 Å². The van der Waals surface area contributed by atoms with E-state index in [2.05, 4.69) is 32.1 Å². The van der Waals surface area contributed by atoms with Crippen molar-refractivity contribution in [2.24, 2.45) is 5.84 Å². The number of anilines is 5. The minimum absolute atomic E-state index is 0.128. The fraction of sp³-hybridized carbons (Fsp3) is 0.190. The van der Waals surface area contributed by atoms with Gasteiger partial charge in [0, 0.05) is 47.8 Å². The van der Waals surface area contributed by atoms with Gasteiger partial charge in [-0.05, 0) is 0 Å². The first kappa shape index (κ1) is 22.3. The number of hydrogen-bond donors (Lipinski definition) is 4. The quantitative estimate of drug-likeness (QED) is 0.289. The van der Waals surface area contributed by atoms with Gasteiger partial charge in [-0.3, -0.25) is 0 Å². The maximum absolute atomic E-state index is 9.66. The molecule has 3 rings (SSSR count). The molecule has 0 spiro atoms. The van der Waals surface area contributed by atoms with Gasteiger partial charge in [-0.1, -0.05) is 0 Å². The SMILES string of the molecule is COc1cc(Nc2nc(NN)c(C#N)c(Nc3cc(OC)cc(OC)c3)n2)cc(OC)c1. The Kier molecular flexibility index (Phi) is 6.99. The number of nitrogens with zero attached hydrogens (tertiary/aromatic N) is 3. The highest BCUT2D eigenvalue weighted by molar-refractivity contribution is 5.73. The normalized spacial score (nSPS) is 10.0. The molecule has 11 heteroatoms. The van der Waals surface area contributed by atoms with E-state index < -0.39 is 0 Å². The van der Waals surface area contributed by atoms with E-state index in [-0.39, 0.29) is 23.1 Å². The summed E-state index contributed by atoms with van der Waals surface area (Å²) in [7, 11) is 6.20. The van der Waals surface area contributed by atoms with Crippen molar-refractivity contribution in [1.82, 2.24) is 9.97 Å². The van der Waals surface area contributed by atoms with Crippen LogP contribution in [0.2, 0.25) is 0 Å². The maximum atomic E-state index is 9.66. The van der Waals surface area contributed by atoms with Gasteiger partial charge in [0.2, 0.25) is 5.95 Å². The Morgan fingerprint density at radius 3 is 1.56 bits per heavy atom. The molecule has 1 heterocycles. The number of hydrazine groups is 1. The van der Waals surface area contributed by atoms with Crippen LogP contribution in [0.4, 0.5) is 29.0 Å². The predicted molar refractivity (Wildman–Crippen MR) is 120 cm³/mol. The summed E-state index contributed by atoms with van der Waals surface area (Å²) in [6, 6.07) is 12.5. The lowest BCUT2D eigenvalue weighted by atomic mass is 10.2. The van der Waals surface area contributed by atoms with Crippen LogP contribution >= 0.6 is 0 Å². The lowest BCUT2D eigenvalue weighted by Crippen LogP contribution is -2.14. The molecule has 1 aromatic heterocycles. The van der Waals surface area contributed by atoms with Gasteiger partial charge in [0.15, 0.2) is 11.6 Å². The van der Waals surface area contributed by atoms with Gasteiger partial charge in [-0.15, -0.1) is 0 Å². The van der Waals surface area contributed by atoms with Gasteiger partial charge in [-0.25, -0.2) is 5.84 Å². The number of hydrogen-bond acceptors (Lipinski definition) is 11. The van der Waals surface area contributed by atoms with Gasteiger partial charge in [0.25, 0.3) is 0 Å². The number of rotatable bonds is 9. The molecule has 0 atom stereocenters. The molecule has 11 nitrogen and oxygen atoms in total. The Balaban J connectivity index is 2.03. The van der Waals surface area contributed by atoms with E-state index in [1.165, 1.54) is 0 Å². The number of ether oxygens (including phenoxy) is 4. The minimum atomic E-state index is 0.128. The second-order valence-corrected chi connectivity index (χ2v) is 6.33. The Bertz CT molecular complexity index is 1100. The molecule has 0 aliphatic carbocycles. The molecule has 5 N–H and O–H groups in total. The van der Waals surface area contributed by atoms with E-state index >= 15 is 0 Å². The highest BCUT2D eigenvalue weighted by Crippen LogP contribution is 2.32. The van der Waals surface area contributed by atoms with Crippen molar-refractivity contribution in [2.75, 3.05) is 44.5 Å².